The lowest BCUT2D eigenvalue weighted by molar-refractivity contribution is -0.147. The fourth-order valence-corrected chi connectivity index (χ4v) is 2.39. The first-order valence-corrected chi connectivity index (χ1v) is 7.51. The molecule has 0 aliphatic rings. The van der Waals surface area contributed by atoms with Crippen LogP contribution in [0.2, 0.25) is 0 Å². The molecule has 0 aromatic heterocycles. The third-order valence-corrected chi connectivity index (χ3v) is 3.49. The van der Waals surface area contributed by atoms with Crippen LogP contribution in [-0.4, -0.2) is 24.0 Å². The Morgan fingerprint density at radius 1 is 1.23 bits per heavy atom. The van der Waals surface area contributed by atoms with Gasteiger partial charge in [-0.15, -0.1) is 0 Å². The molecule has 0 spiro atoms. The maximum absolute atomic E-state index is 12.1. The summed E-state index contributed by atoms with van der Waals surface area (Å²) in [6, 6.07) is 9.67. The zero-order chi connectivity index (χ0) is 16.4. The molecule has 1 amide bonds. The lowest BCUT2D eigenvalue weighted by Crippen LogP contribution is -2.43. The molecule has 1 aromatic rings. The van der Waals surface area contributed by atoms with Gasteiger partial charge in [0.2, 0.25) is 5.91 Å². The predicted molar refractivity (Wildman–Crippen MR) is 86.8 cm³/mol. The summed E-state index contributed by atoms with van der Waals surface area (Å²) in [5.74, 6) is -2.49. The summed E-state index contributed by atoms with van der Waals surface area (Å²) in [7, 11) is 1.59. The molecule has 0 aliphatic heterocycles. The van der Waals surface area contributed by atoms with Gasteiger partial charge in [0.15, 0.2) is 0 Å². The molecule has 0 aliphatic carbocycles. The van der Waals surface area contributed by atoms with E-state index in [1.807, 2.05) is 49.4 Å². The number of benzene rings is 1. The average Bonchev–Trinajstić information content (AvgIpc) is 2.51. The summed E-state index contributed by atoms with van der Waals surface area (Å²) < 4.78 is 0. The molecule has 0 unspecified atom stereocenters. The van der Waals surface area contributed by atoms with Crippen molar-refractivity contribution >= 4 is 18.0 Å². The Morgan fingerprint density at radius 3 is 2.45 bits per heavy atom. The van der Waals surface area contributed by atoms with Gasteiger partial charge in [0, 0.05) is 7.05 Å². The van der Waals surface area contributed by atoms with Crippen molar-refractivity contribution in [2.24, 2.45) is 11.8 Å². The number of hydrogen-bond donors (Lipinski definition) is 3. The lowest BCUT2D eigenvalue weighted by atomic mass is 9.85. The molecule has 2 atom stereocenters. The van der Waals surface area contributed by atoms with Crippen LogP contribution < -0.4 is 10.9 Å². The fraction of sp³-hybridized carbons (Fsp3) is 0.412. The maximum Gasteiger partial charge on any atom is 0.307 e. The van der Waals surface area contributed by atoms with Crippen molar-refractivity contribution in [2.75, 3.05) is 7.05 Å². The number of carboxylic acid groups (broad SMARTS) is 1. The Hall–Kier alpha value is -2.14. The molecule has 5 nitrogen and oxygen atoms in total. The highest BCUT2D eigenvalue weighted by molar-refractivity contribution is 5.84. The second-order valence-electron chi connectivity index (χ2n) is 5.13. The van der Waals surface area contributed by atoms with Gasteiger partial charge in [0.1, 0.15) is 0 Å². The van der Waals surface area contributed by atoms with E-state index in [2.05, 4.69) is 10.9 Å². The molecule has 5 heteroatoms. The number of carbonyl (C=O) groups excluding carboxylic acids is 1. The minimum Gasteiger partial charge on any atom is -0.481 e. The van der Waals surface area contributed by atoms with E-state index in [1.165, 1.54) is 0 Å². The Kier molecular flexibility index (Phi) is 7.92. The second kappa shape index (κ2) is 9.73. The number of aliphatic carboxylic acids is 1. The van der Waals surface area contributed by atoms with Crippen LogP contribution in [0.4, 0.5) is 0 Å². The third-order valence-electron chi connectivity index (χ3n) is 3.49. The van der Waals surface area contributed by atoms with Crippen molar-refractivity contribution in [1.82, 2.24) is 10.9 Å². The predicted octanol–water partition coefficient (Wildman–Crippen LogP) is 2.46. The number of hydrazine groups is 1. The van der Waals surface area contributed by atoms with Gasteiger partial charge in [-0.3, -0.25) is 15.0 Å². The van der Waals surface area contributed by atoms with Crippen molar-refractivity contribution < 1.29 is 14.7 Å². The van der Waals surface area contributed by atoms with Crippen LogP contribution in [0.5, 0.6) is 0 Å². The van der Waals surface area contributed by atoms with Gasteiger partial charge in [-0.05, 0) is 18.4 Å². The number of carbonyl (C=O) groups is 2. The summed E-state index contributed by atoms with van der Waals surface area (Å²) in [6.07, 6.45) is 5.34. The molecule has 0 fully saturated rings. The molecule has 0 bridgehead atoms. The highest BCUT2D eigenvalue weighted by Crippen LogP contribution is 2.23. The second-order valence-corrected chi connectivity index (χ2v) is 5.13. The van der Waals surface area contributed by atoms with Crippen molar-refractivity contribution in [3.05, 3.63) is 42.0 Å². The van der Waals surface area contributed by atoms with Gasteiger partial charge in [-0.25, -0.2) is 5.43 Å². The maximum atomic E-state index is 12.1. The molecule has 0 radical (unpaired) electrons. The van der Waals surface area contributed by atoms with Crippen molar-refractivity contribution in [1.29, 1.82) is 0 Å². The third kappa shape index (κ3) is 5.69. The highest BCUT2D eigenvalue weighted by atomic mass is 16.4. The van der Waals surface area contributed by atoms with Gasteiger partial charge >= 0.3 is 5.97 Å². The molecule has 0 saturated heterocycles. The summed E-state index contributed by atoms with van der Waals surface area (Å²) in [4.78, 5) is 23.6. The first kappa shape index (κ1) is 17.9. The van der Waals surface area contributed by atoms with Crippen molar-refractivity contribution in [2.45, 2.75) is 26.2 Å². The lowest BCUT2D eigenvalue weighted by Gasteiger charge is -2.21. The molecular weight excluding hydrogens is 280 g/mol. The van der Waals surface area contributed by atoms with Gasteiger partial charge < -0.3 is 5.11 Å². The number of carboxylic acids is 1. The Morgan fingerprint density at radius 2 is 1.91 bits per heavy atom. The van der Waals surface area contributed by atoms with E-state index < -0.39 is 17.8 Å². The molecular formula is C17H24N2O3. The van der Waals surface area contributed by atoms with Crippen molar-refractivity contribution in [3.63, 3.8) is 0 Å². The Labute approximate surface area is 131 Å². The number of hydrogen-bond acceptors (Lipinski definition) is 3. The molecule has 120 valence electrons. The Balaban J connectivity index is 2.79. The summed E-state index contributed by atoms with van der Waals surface area (Å²) in [6.45, 7) is 1.94. The molecule has 0 heterocycles. The zero-order valence-corrected chi connectivity index (χ0v) is 13.1. The van der Waals surface area contributed by atoms with E-state index in [-0.39, 0.29) is 5.91 Å². The molecule has 3 N–H and O–H groups in total. The number of rotatable bonds is 9. The van der Waals surface area contributed by atoms with E-state index in [0.717, 1.165) is 12.0 Å². The van der Waals surface area contributed by atoms with Crippen LogP contribution in [0, 0.1) is 11.8 Å². The monoisotopic (exact) mass is 304 g/mol. The quantitative estimate of drug-likeness (QED) is 0.612. The molecule has 0 saturated carbocycles. The summed E-state index contributed by atoms with van der Waals surface area (Å²) in [5, 5.41) is 9.45. The van der Waals surface area contributed by atoms with Crippen LogP contribution in [0.15, 0.2) is 36.4 Å². The first-order chi connectivity index (χ1) is 10.6. The van der Waals surface area contributed by atoms with Gasteiger partial charge in [-0.1, -0.05) is 55.8 Å². The van der Waals surface area contributed by atoms with Gasteiger partial charge in [0.25, 0.3) is 0 Å². The summed E-state index contributed by atoms with van der Waals surface area (Å²) in [5.41, 5.74) is 6.08. The number of allylic oxidation sites excluding steroid dienone is 1. The minimum atomic E-state index is -0.942. The Bertz CT molecular complexity index is 500. The van der Waals surface area contributed by atoms with E-state index in [1.54, 1.807) is 7.05 Å². The van der Waals surface area contributed by atoms with E-state index in [9.17, 15) is 14.7 Å². The van der Waals surface area contributed by atoms with Crippen LogP contribution in [0.3, 0.4) is 0 Å². The van der Waals surface area contributed by atoms with Crippen LogP contribution >= 0.6 is 0 Å². The SMILES string of the molecule is CCC[C@@H](C(=O)NNC)[C@H](C/C=C/c1ccccc1)C(=O)O. The average molecular weight is 304 g/mol. The largest absolute Gasteiger partial charge is 0.481 e. The van der Waals surface area contributed by atoms with E-state index >= 15 is 0 Å². The normalized spacial score (nSPS) is 13.7. The highest BCUT2D eigenvalue weighted by Gasteiger charge is 2.31. The van der Waals surface area contributed by atoms with Crippen LogP contribution in [-0.2, 0) is 9.59 Å². The van der Waals surface area contributed by atoms with Crippen molar-refractivity contribution in [3.8, 4) is 0 Å². The summed E-state index contributed by atoms with van der Waals surface area (Å²) >= 11 is 0. The zero-order valence-electron chi connectivity index (χ0n) is 13.1. The molecule has 1 aromatic carbocycles. The minimum absolute atomic E-state index is 0.273. The number of nitrogens with one attached hydrogen (secondary N) is 2. The van der Waals surface area contributed by atoms with Gasteiger partial charge in [-0.2, -0.15) is 0 Å². The fourth-order valence-electron chi connectivity index (χ4n) is 2.39. The number of amides is 1. The van der Waals surface area contributed by atoms with Crippen LogP contribution in [0.25, 0.3) is 6.08 Å². The van der Waals surface area contributed by atoms with Gasteiger partial charge in [0.05, 0.1) is 11.8 Å². The van der Waals surface area contributed by atoms with Crippen LogP contribution in [0.1, 0.15) is 31.7 Å². The topological polar surface area (TPSA) is 78.4 Å². The van der Waals surface area contributed by atoms with E-state index in [0.29, 0.717) is 12.8 Å². The standard InChI is InChI=1S/C17H24N2O3/c1-3-8-14(16(20)19-18-2)15(17(21)22)12-7-11-13-9-5-4-6-10-13/h4-7,9-11,14-15,18H,3,8,12H2,1-2H3,(H,19,20)(H,21,22)/b11-7+/t14-,15+/m1/s1. The molecule has 22 heavy (non-hydrogen) atoms. The van der Waals surface area contributed by atoms with E-state index in [4.69, 9.17) is 0 Å². The molecule has 1 rings (SSSR count). The smallest absolute Gasteiger partial charge is 0.307 e. The first-order valence-electron chi connectivity index (χ1n) is 7.51.